The van der Waals surface area contributed by atoms with Crippen molar-refractivity contribution in [1.29, 1.82) is 0 Å². The van der Waals surface area contributed by atoms with Gasteiger partial charge in [-0.1, -0.05) is 31.2 Å². The van der Waals surface area contributed by atoms with E-state index >= 15 is 0 Å². The molecule has 3 rings (SSSR count). The number of hydrogen-bond acceptors (Lipinski definition) is 2. The summed E-state index contributed by atoms with van der Waals surface area (Å²) in [5.41, 5.74) is 11.7. The Labute approximate surface area is 114 Å². The standard InChI is InChI=1S/C16H21N3/c1-3-12-9-13(19(2)18-12)10-16(17)15-8-11-6-4-5-7-14(11)15/h4-7,9,15-16H,3,8,10,17H2,1-2H3. The first-order chi connectivity index (χ1) is 9.19. The molecule has 0 bridgehead atoms. The zero-order valence-corrected chi connectivity index (χ0v) is 11.6. The normalized spacial score (nSPS) is 18.8. The monoisotopic (exact) mass is 255 g/mol. The summed E-state index contributed by atoms with van der Waals surface area (Å²) in [6.07, 6.45) is 3.01. The lowest BCUT2D eigenvalue weighted by Crippen LogP contribution is -2.37. The molecule has 0 spiro atoms. The van der Waals surface area contributed by atoms with E-state index in [4.69, 9.17) is 5.73 Å². The molecular formula is C16H21N3. The molecule has 3 nitrogen and oxygen atoms in total. The van der Waals surface area contributed by atoms with Crippen molar-refractivity contribution >= 4 is 0 Å². The van der Waals surface area contributed by atoms with Crippen molar-refractivity contribution in [2.75, 3.05) is 0 Å². The molecule has 0 saturated heterocycles. The van der Waals surface area contributed by atoms with Gasteiger partial charge in [0.1, 0.15) is 0 Å². The molecule has 19 heavy (non-hydrogen) atoms. The molecule has 0 amide bonds. The molecular weight excluding hydrogens is 234 g/mol. The minimum atomic E-state index is 0.190. The Morgan fingerprint density at radius 2 is 2.21 bits per heavy atom. The molecule has 100 valence electrons. The number of nitrogens with two attached hydrogens (primary N) is 1. The number of rotatable bonds is 4. The third-order valence-electron chi connectivity index (χ3n) is 4.25. The van der Waals surface area contributed by atoms with Gasteiger partial charge >= 0.3 is 0 Å². The maximum atomic E-state index is 6.40. The molecule has 2 unspecified atom stereocenters. The van der Waals surface area contributed by atoms with Gasteiger partial charge in [-0.2, -0.15) is 5.10 Å². The van der Waals surface area contributed by atoms with Gasteiger partial charge < -0.3 is 5.73 Å². The highest BCUT2D eigenvalue weighted by atomic mass is 15.3. The van der Waals surface area contributed by atoms with Crippen LogP contribution in [0.15, 0.2) is 30.3 Å². The molecule has 1 aromatic carbocycles. The van der Waals surface area contributed by atoms with E-state index in [0.29, 0.717) is 5.92 Å². The number of benzene rings is 1. The first kappa shape index (κ1) is 12.4. The maximum Gasteiger partial charge on any atom is 0.0624 e. The summed E-state index contributed by atoms with van der Waals surface area (Å²) in [7, 11) is 2.01. The van der Waals surface area contributed by atoms with Gasteiger partial charge in [0.25, 0.3) is 0 Å². The van der Waals surface area contributed by atoms with Gasteiger partial charge in [-0.05, 0) is 30.0 Å². The highest BCUT2D eigenvalue weighted by Crippen LogP contribution is 2.37. The second-order valence-electron chi connectivity index (χ2n) is 5.48. The van der Waals surface area contributed by atoms with E-state index in [2.05, 4.69) is 42.4 Å². The number of aryl methyl sites for hydroxylation is 2. The summed E-state index contributed by atoms with van der Waals surface area (Å²) < 4.78 is 1.98. The van der Waals surface area contributed by atoms with Crippen LogP contribution in [0.2, 0.25) is 0 Å². The van der Waals surface area contributed by atoms with Crippen molar-refractivity contribution in [1.82, 2.24) is 9.78 Å². The number of aromatic nitrogens is 2. The molecule has 2 aromatic rings. The molecule has 0 aliphatic heterocycles. The quantitative estimate of drug-likeness (QED) is 0.910. The van der Waals surface area contributed by atoms with Crippen molar-refractivity contribution in [3.8, 4) is 0 Å². The lowest BCUT2D eigenvalue weighted by Gasteiger charge is -2.34. The van der Waals surface area contributed by atoms with Gasteiger partial charge in [-0.25, -0.2) is 0 Å². The summed E-state index contributed by atoms with van der Waals surface area (Å²) in [6, 6.07) is 11.0. The van der Waals surface area contributed by atoms with Crippen molar-refractivity contribution < 1.29 is 0 Å². The molecule has 0 radical (unpaired) electrons. The van der Waals surface area contributed by atoms with E-state index in [1.165, 1.54) is 16.8 Å². The van der Waals surface area contributed by atoms with Crippen LogP contribution in [0.25, 0.3) is 0 Å². The Morgan fingerprint density at radius 1 is 1.42 bits per heavy atom. The van der Waals surface area contributed by atoms with E-state index in [1.54, 1.807) is 0 Å². The largest absolute Gasteiger partial charge is 0.327 e. The van der Waals surface area contributed by atoms with E-state index in [-0.39, 0.29) is 6.04 Å². The second-order valence-corrected chi connectivity index (χ2v) is 5.48. The molecule has 2 N–H and O–H groups in total. The van der Waals surface area contributed by atoms with Crippen molar-refractivity contribution in [2.45, 2.75) is 38.1 Å². The smallest absolute Gasteiger partial charge is 0.0624 e. The summed E-state index contributed by atoms with van der Waals surface area (Å²) in [5.74, 6) is 0.510. The van der Waals surface area contributed by atoms with E-state index in [1.807, 2.05) is 11.7 Å². The van der Waals surface area contributed by atoms with Gasteiger partial charge in [0.05, 0.1) is 5.69 Å². The van der Waals surface area contributed by atoms with Crippen LogP contribution in [0.1, 0.15) is 35.4 Å². The zero-order chi connectivity index (χ0) is 13.4. The molecule has 1 aromatic heterocycles. The van der Waals surface area contributed by atoms with E-state index < -0.39 is 0 Å². The fraction of sp³-hybridized carbons (Fsp3) is 0.438. The Morgan fingerprint density at radius 3 is 2.89 bits per heavy atom. The maximum absolute atomic E-state index is 6.40. The number of hydrogen-bond donors (Lipinski definition) is 1. The van der Waals surface area contributed by atoms with Crippen LogP contribution in [0, 0.1) is 0 Å². The van der Waals surface area contributed by atoms with Gasteiger partial charge in [0.15, 0.2) is 0 Å². The van der Waals surface area contributed by atoms with Crippen LogP contribution < -0.4 is 5.73 Å². The molecule has 1 aliphatic carbocycles. The zero-order valence-electron chi connectivity index (χ0n) is 11.6. The predicted octanol–water partition coefficient (Wildman–Crippen LogP) is 2.19. The first-order valence-corrected chi connectivity index (χ1v) is 7.04. The third kappa shape index (κ3) is 2.19. The fourth-order valence-electron chi connectivity index (χ4n) is 3.00. The minimum Gasteiger partial charge on any atom is -0.327 e. The van der Waals surface area contributed by atoms with Gasteiger partial charge in [0.2, 0.25) is 0 Å². The van der Waals surface area contributed by atoms with Crippen LogP contribution in [0.4, 0.5) is 0 Å². The van der Waals surface area contributed by atoms with E-state index in [0.717, 1.165) is 25.0 Å². The molecule has 1 aliphatic rings. The molecule has 1 heterocycles. The van der Waals surface area contributed by atoms with Crippen molar-refractivity contribution in [3.05, 3.63) is 52.8 Å². The fourth-order valence-corrected chi connectivity index (χ4v) is 3.00. The van der Waals surface area contributed by atoms with Crippen molar-refractivity contribution in [2.24, 2.45) is 12.8 Å². The first-order valence-electron chi connectivity index (χ1n) is 7.04. The van der Waals surface area contributed by atoms with Crippen LogP contribution in [0.3, 0.4) is 0 Å². The molecule has 3 heteroatoms. The van der Waals surface area contributed by atoms with Crippen LogP contribution in [-0.4, -0.2) is 15.8 Å². The van der Waals surface area contributed by atoms with Crippen molar-refractivity contribution in [3.63, 3.8) is 0 Å². The lowest BCUT2D eigenvalue weighted by molar-refractivity contribution is 0.469. The Balaban J connectivity index is 1.73. The second kappa shape index (κ2) is 4.82. The molecule has 0 saturated carbocycles. The molecule has 2 atom stereocenters. The Kier molecular flexibility index (Phi) is 3.15. The summed E-state index contributed by atoms with van der Waals surface area (Å²) >= 11 is 0. The SMILES string of the molecule is CCc1cc(CC(N)C2Cc3ccccc32)n(C)n1. The lowest BCUT2D eigenvalue weighted by atomic mass is 9.73. The average Bonchev–Trinajstić information content (AvgIpc) is 2.72. The average molecular weight is 255 g/mol. The van der Waals surface area contributed by atoms with Gasteiger partial charge in [-0.3, -0.25) is 4.68 Å². The summed E-state index contributed by atoms with van der Waals surface area (Å²) in [4.78, 5) is 0. The highest BCUT2D eigenvalue weighted by Gasteiger charge is 2.31. The van der Waals surface area contributed by atoms with Crippen LogP contribution >= 0.6 is 0 Å². The highest BCUT2D eigenvalue weighted by molar-refractivity contribution is 5.41. The minimum absolute atomic E-state index is 0.190. The molecule has 0 fully saturated rings. The summed E-state index contributed by atoms with van der Waals surface area (Å²) in [6.45, 7) is 2.13. The topological polar surface area (TPSA) is 43.8 Å². The Bertz CT molecular complexity index is 585. The Hall–Kier alpha value is -1.61. The number of fused-ring (bicyclic) bond motifs is 1. The van der Waals surface area contributed by atoms with Crippen LogP contribution in [0.5, 0.6) is 0 Å². The predicted molar refractivity (Wildman–Crippen MR) is 77.2 cm³/mol. The van der Waals surface area contributed by atoms with Gasteiger partial charge in [0, 0.05) is 31.1 Å². The van der Waals surface area contributed by atoms with Gasteiger partial charge in [-0.15, -0.1) is 0 Å². The number of nitrogens with zero attached hydrogens (tertiary/aromatic N) is 2. The third-order valence-corrected chi connectivity index (χ3v) is 4.25. The van der Waals surface area contributed by atoms with E-state index in [9.17, 15) is 0 Å². The summed E-state index contributed by atoms with van der Waals surface area (Å²) in [5, 5.41) is 4.49. The van der Waals surface area contributed by atoms with Crippen LogP contribution in [-0.2, 0) is 26.3 Å².